The molecular formula is C16H14O3. The number of benzene rings is 2. The Balaban J connectivity index is 1.83. The lowest BCUT2D eigenvalue weighted by atomic mass is 10.1. The van der Waals surface area contributed by atoms with Crippen molar-refractivity contribution in [3.63, 3.8) is 0 Å². The number of para-hydroxylation sites is 1. The van der Waals surface area contributed by atoms with Crippen molar-refractivity contribution in [1.82, 2.24) is 0 Å². The van der Waals surface area contributed by atoms with Crippen molar-refractivity contribution in [3.05, 3.63) is 65.7 Å². The van der Waals surface area contributed by atoms with Gasteiger partial charge in [0.2, 0.25) is 6.79 Å². The van der Waals surface area contributed by atoms with Crippen LogP contribution < -0.4 is 9.47 Å². The van der Waals surface area contributed by atoms with E-state index in [0.717, 1.165) is 11.1 Å². The maximum atomic E-state index is 10.2. The monoisotopic (exact) mass is 254 g/mol. The number of aliphatic hydroxyl groups is 1. The second kappa shape index (κ2) is 5.16. The zero-order valence-electron chi connectivity index (χ0n) is 10.3. The number of rotatable bonds is 3. The summed E-state index contributed by atoms with van der Waals surface area (Å²) in [6, 6.07) is 15.4. The molecule has 2 aromatic carbocycles. The van der Waals surface area contributed by atoms with Gasteiger partial charge in [0, 0.05) is 5.56 Å². The van der Waals surface area contributed by atoms with Crippen LogP contribution in [0.1, 0.15) is 17.2 Å². The lowest BCUT2D eigenvalue weighted by Crippen LogP contribution is -1.97. The molecule has 0 aliphatic carbocycles. The predicted molar refractivity (Wildman–Crippen MR) is 73.0 cm³/mol. The summed E-state index contributed by atoms with van der Waals surface area (Å²) in [5.41, 5.74) is 1.77. The fourth-order valence-corrected chi connectivity index (χ4v) is 2.06. The fraction of sp³-hybridized carbons (Fsp3) is 0.125. The van der Waals surface area contributed by atoms with Gasteiger partial charge in [0.1, 0.15) is 6.10 Å². The highest BCUT2D eigenvalue weighted by molar-refractivity contribution is 5.54. The van der Waals surface area contributed by atoms with Crippen LogP contribution in [0, 0.1) is 0 Å². The maximum Gasteiger partial charge on any atom is 0.231 e. The Morgan fingerprint density at radius 2 is 1.84 bits per heavy atom. The number of hydrogen-bond donors (Lipinski definition) is 1. The zero-order chi connectivity index (χ0) is 13.1. The summed E-state index contributed by atoms with van der Waals surface area (Å²) in [6.45, 7) is 0.210. The van der Waals surface area contributed by atoms with Crippen LogP contribution in [0.3, 0.4) is 0 Å². The van der Waals surface area contributed by atoms with Crippen LogP contribution in [0.2, 0.25) is 0 Å². The highest BCUT2D eigenvalue weighted by atomic mass is 16.7. The van der Waals surface area contributed by atoms with Gasteiger partial charge in [0.25, 0.3) is 0 Å². The van der Waals surface area contributed by atoms with Crippen LogP contribution in [0.15, 0.2) is 54.6 Å². The van der Waals surface area contributed by atoms with E-state index in [2.05, 4.69) is 0 Å². The van der Waals surface area contributed by atoms with E-state index in [0.29, 0.717) is 11.5 Å². The summed E-state index contributed by atoms with van der Waals surface area (Å²) in [7, 11) is 0. The van der Waals surface area contributed by atoms with E-state index in [-0.39, 0.29) is 6.79 Å². The quantitative estimate of drug-likeness (QED) is 0.914. The molecule has 1 aliphatic rings. The van der Waals surface area contributed by atoms with E-state index in [1.807, 2.05) is 54.6 Å². The van der Waals surface area contributed by atoms with Gasteiger partial charge in [0.15, 0.2) is 11.5 Å². The van der Waals surface area contributed by atoms with E-state index in [4.69, 9.17) is 9.47 Å². The summed E-state index contributed by atoms with van der Waals surface area (Å²) in [4.78, 5) is 0. The molecule has 1 unspecified atom stereocenters. The van der Waals surface area contributed by atoms with Crippen molar-refractivity contribution >= 4 is 6.08 Å². The molecule has 1 N–H and O–H groups in total. The zero-order valence-corrected chi connectivity index (χ0v) is 10.3. The molecule has 3 heteroatoms. The highest BCUT2D eigenvalue weighted by Gasteiger charge is 2.20. The SMILES string of the molecule is OC(/C=C/c1ccccc1)c1cccc2c1OCO2. The third kappa shape index (κ3) is 2.46. The normalized spacial score (nSPS) is 14.8. The predicted octanol–water partition coefficient (Wildman–Crippen LogP) is 3.16. The summed E-state index contributed by atoms with van der Waals surface area (Å²) in [6.07, 6.45) is 2.92. The van der Waals surface area contributed by atoms with Gasteiger partial charge in [-0.3, -0.25) is 0 Å². The van der Waals surface area contributed by atoms with Crippen molar-refractivity contribution < 1.29 is 14.6 Å². The molecule has 0 aromatic heterocycles. The van der Waals surface area contributed by atoms with E-state index < -0.39 is 6.10 Å². The van der Waals surface area contributed by atoms with Crippen molar-refractivity contribution in [1.29, 1.82) is 0 Å². The van der Waals surface area contributed by atoms with Crippen LogP contribution in [0.5, 0.6) is 11.5 Å². The molecule has 19 heavy (non-hydrogen) atoms. The highest BCUT2D eigenvalue weighted by Crippen LogP contribution is 2.38. The average Bonchev–Trinajstić information content (AvgIpc) is 2.94. The molecule has 1 heterocycles. The molecule has 0 saturated carbocycles. The van der Waals surface area contributed by atoms with Gasteiger partial charge in [-0.1, -0.05) is 54.6 Å². The van der Waals surface area contributed by atoms with E-state index in [1.54, 1.807) is 6.08 Å². The molecule has 0 saturated heterocycles. The smallest absolute Gasteiger partial charge is 0.231 e. The summed E-state index contributed by atoms with van der Waals surface area (Å²) in [5, 5.41) is 10.2. The third-order valence-electron chi connectivity index (χ3n) is 3.02. The molecule has 3 nitrogen and oxygen atoms in total. The van der Waals surface area contributed by atoms with Crippen molar-refractivity contribution in [3.8, 4) is 11.5 Å². The second-order valence-electron chi connectivity index (χ2n) is 4.30. The lowest BCUT2D eigenvalue weighted by molar-refractivity contribution is 0.168. The topological polar surface area (TPSA) is 38.7 Å². The Morgan fingerprint density at radius 1 is 1.00 bits per heavy atom. The van der Waals surface area contributed by atoms with E-state index in [9.17, 15) is 5.11 Å². The van der Waals surface area contributed by atoms with Gasteiger partial charge in [-0.25, -0.2) is 0 Å². The van der Waals surface area contributed by atoms with E-state index in [1.165, 1.54) is 0 Å². The lowest BCUT2D eigenvalue weighted by Gasteiger charge is -2.09. The first-order valence-corrected chi connectivity index (χ1v) is 6.14. The summed E-state index contributed by atoms with van der Waals surface area (Å²) >= 11 is 0. The van der Waals surface area contributed by atoms with Crippen LogP contribution in [0.4, 0.5) is 0 Å². The maximum absolute atomic E-state index is 10.2. The molecule has 0 amide bonds. The fourth-order valence-electron chi connectivity index (χ4n) is 2.06. The van der Waals surface area contributed by atoms with Crippen LogP contribution in [-0.2, 0) is 0 Å². The average molecular weight is 254 g/mol. The molecule has 0 spiro atoms. The van der Waals surface area contributed by atoms with Crippen molar-refractivity contribution in [2.45, 2.75) is 6.10 Å². The minimum absolute atomic E-state index is 0.210. The first-order chi connectivity index (χ1) is 9.34. The number of hydrogen-bond acceptors (Lipinski definition) is 3. The van der Waals surface area contributed by atoms with Gasteiger partial charge in [-0.05, 0) is 11.6 Å². The van der Waals surface area contributed by atoms with Gasteiger partial charge in [-0.2, -0.15) is 0 Å². The second-order valence-corrected chi connectivity index (χ2v) is 4.30. The largest absolute Gasteiger partial charge is 0.454 e. The minimum atomic E-state index is -0.711. The van der Waals surface area contributed by atoms with Crippen molar-refractivity contribution in [2.75, 3.05) is 6.79 Å². The molecule has 1 atom stereocenters. The van der Waals surface area contributed by atoms with Crippen LogP contribution in [0.25, 0.3) is 6.08 Å². The van der Waals surface area contributed by atoms with Gasteiger partial charge in [0.05, 0.1) is 0 Å². The first-order valence-electron chi connectivity index (χ1n) is 6.14. The standard InChI is InChI=1S/C16H14O3/c17-14(10-9-12-5-2-1-3-6-12)13-7-4-8-15-16(13)19-11-18-15/h1-10,14,17H,11H2/b10-9+. The van der Waals surface area contributed by atoms with Gasteiger partial charge < -0.3 is 14.6 Å². The Bertz CT molecular complexity index is 590. The van der Waals surface area contributed by atoms with Crippen LogP contribution in [-0.4, -0.2) is 11.9 Å². The molecule has 0 fully saturated rings. The Morgan fingerprint density at radius 3 is 2.68 bits per heavy atom. The van der Waals surface area contributed by atoms with Gasteiger partial charge >= 0.3 is 0 Å². The van der Waals surface area contributed by atoms with E-state index >= 15 is 0 Å². The van der Waals surface area contributed by atoms with Crippen molar-refractivity contribution in [2.24, 2.45) is 0 Å². The Kier molecular flexibility index (Phi) is 3.21. The Labute approximate surface area is 111 Å². The molecule has 1 aliphatic heterocycles. The number of fused-ring (bicyclic) bond motifs is 1. The number of aliphatic hydroxyl groups excluding tert-OH is 1. The molecule has 3 rings (SSSR count). The minimum Gasteiger partial charge on any atom is -0.454 e. The summed E-state index contributed by atoms with van der Waals surface area (Å²) in [5.74, 6) is 1.32. The van der Waals surface area contributed by atoms with Crippen LogP contribution >= 0.6 is 0 Å². The summed E-state index contributed by atoms with van der Waals surface area (Å²) < 4.78 is 10.7. The Hall–Kier alpha value is -2.26. The molecule has 0 bridgehead atoms. The first kappa shape index (κ1) is 11.8. The van der Waals surface area contributed by atoms with Gasteiger partial charge in [-0.15, -0.1) is 0 Å². The molecule has 2 aromatic rings. The molecule has 0 radical (unpaired) electrons. The molecular weight excluding hydrogens is 240 g/mol. The third-order valence-corrected chi connectivity index (χ3v) is 3.02. The molecule has 96 valence electrons. The number of ether oxygens (including phenoxy) is 2.